The van der Waals surface area contributed by atoms with E-state index < -0.39 is 0 Å². The van der Waals surface area contributed by atoms with Crippen LogP contribution in [-0.4, -0.2) is 26.4 Å². The highest BCUT2D eigenvalue weighted by Crippen LogP contribution is 2.48. The van der Waals surface area contributed by atoms with Gasteiger partial charge in [0.05, 0.1) is 23.4 Å². The summed E-state index contributed by atoms with van der Waals surface area (Å²) in [7, 11) is 0. The Labute approximate surface area is 188 Å². The van der Waals surface area contributed by atoms with Gasteiger partial charge in [-0.3, -0.25) is 14.3 Å². The molecule has 2 aromatic carbocycles. The van der Waals surface area contributed by atoms with E-state index in [2.05, 4.69) is 16.8 Å². The summed E-state index contributed by atoms with van der Waals surface area (Å²) in [5.74, 6) is 1.45. The number of carbonyl (C=O) groups is 1. The lowest BCUT2D eigenvalue weighted by Gasteiger charge is -2.30. The zero-order chi connectivity index (χ0) is 21.2. The molecule has 0 radical (unpaired) electrons. The average molecular weight is 447 g/mol. The lowest BCUT2D eigenvalue weighted by atomic mass is 10.2. The Balaban J connectivity index is 1.43. The molecule has 8 heteroatoms. The number of aromatic nitrogens is 3. The molecule has 4 aromatic rings. The molecule has 1 aliphatic rings. The van der Waals surface area contributed by atoms with Crippen molar-refractivity contribution in [3.8, 4) is 11.6 Å². The summed E-state index contributed by atoms with van der Waals surface area (Å²) in [5.41, 5.74) is 1.81. The lowest BCUT2D eigenvalue weighted by Crippen LogP contribution is -2.30. The van der Waals surface area contributed by atoms with Crippen molar-refractivity contribution in [1.29, 1.82) is 0 Å². The summed E-state index contributed by atoms with van der Waals surface area (Å²) >= 11 is 3.04. The first-order chi connectivity index (χ1) is 15.3. The second kappa shape index (κ2) is 8.49. The predicted molar refractivity (Wildman–Crippen MR) is 123 cm³/mol. The molecule has 0 fully saturated rings. The standard InChI is InChI=1S/C23H18N4O2S2/c1-2-13-26-22(18-10-7-14-29-18)24-25-23(26)30-15-21(28)27-16-8-3-5-11-19(16)31-20-12-6-4-9-17(20)27/h2-12,14H,1,13,15H2. The molecule has 154 valence electrons. The van der Waals surface area contributed by atoms with Crippen LogP contribution in [0.25, 0.3) is 11.6 Å². The molecule has 0 saturated heterocycles. The van der Waals surface area contributed by atoms with E-state index >= 15 is 0 Å². The molecule has 2 aromatic heterocycles. The third kappa shape index (κ3) is 3.68. The molecular formula is C23H18N4O2S2. The molecule has 0 N–H and O–H groups in total. The fourth-order valence-corrected chi connectivity index (χ4v) is 5.30. The number of thioether (sulfide) groups is 1. The average Bonchev–Trinajstić information content (AvgIpc) is 3.46. The molecule has 0 spiro atoms. The van der Waals surface area contributed by atoms with Gasteiger partial charge in [0.2, 0.25) is 11.7 Å². The van der Waals surface area contributed by atoms with Gasteiger partial charge in [-0.1, -0.05) is 53.9 Å². The number of hydrogen-bond donors (Lipinski definition) is 0. The van der Waals surface area contributed by atoms with Gasteiger partial charge in [-0.25, -0.2) is 0 Å². The third-order valence-corrected chi connectivity index (χ3v) is 6.86. The maximum absolute atomic E-state index is 13.4. The molecule has 1 amide bonds. The second-order valence-electron chi connectivity index (χ2n) is 6.74. The van der Waals surface area contributed by atoms with Gasteiger partial charge in [-0.15, -0.1) is 16.8 Å². The van der Waals surface area contributed by atoms with Crippen LogP contribution in [0.15, 0.2) is 98.9 Å². The van der Waals surface area contributed by atoms with Crippen LogP contribution in [-0.2, 0) is 11.3 Å². The first kappa shape index (κ1) is 19.7. The predicted octanol–water partition coefficient (Wildman–Crippen LogP) is 5.65. The van der Waals surface area contributed by atoms with E-state index in [4.69, 9.17) is 4.42 Å². The molecule has 3 heterocycles. The maximum atomic E-state index is 13.4. The molecule has 6 nitrogen and oxygen atoms in total. The number of fused-ring (bicyclic) bond motifs is 2. The number of hydrogen-bond acceptors (Lipinski definition) is 6. The minimum absolute atomic E-state index is 0.0158. The Morgan fingerprint density at radius 2 is 1.74 bits per heavy atom. The minimum atomic E-state index is -0.0158. The molecule has 0 unspecified atom stereocenters. The minimum Gasteiger partial charge on any atom is -0.461 e. The zero-order valence-electron chi connectivity index (χ0n) is 16.5. The highest BCUT2D eigenvalue weighted by Gasteiger charge is 2.28. The van der Waals surface area contributed by atoms with E-state index in [9.17, 15) is 4.79 Å². The van der Waals surface area contributed by atoms with Crippen LogP contribution >= 0.6 is 23.5 Å². The number of para-hydroxylation sites is 2. The summed E-state index contributed by atoms with van der Waals surface area (Å²) in [6.45, 7) is 4.34. The van der Waals surface area contributed by atoms with Gasteiger partial charge >= 0.3 is 0 Å². The quantitative estimate of drug-likeness (QED) is 0.282. The van der Waals surface area contributed by atoms with Gasteiger partial charge in [-0.05, 0) is 36.4 Å². The molecule has 0 atom stereocenters. The van der Waals surface area contributed by atoms with Crippen LogP contribution in [0.3, 0.4) is 0 Å². The van der Waals surface area contributed by atoms with E-state index in [0.717, 1.165) is 21.2 Å². The van der Waals surface area contributed by atoms with Crippen molar-refractivity contribution in [1.82, 2.24) is 14.8 Å². The Morgan fingerprint density at radius 1 is 1.03 bits per heavy atom. The van der Waals surface area contributed by atoms with Crippen LogP contribution in [0.1, 0.15) is 0 Å². The molecule has 5 rings (SSSR count). The van der Waals surface area contributed by atoms with E-state index in [0.29, 0.717) is 23.3 Å². The first-order valence-electron chi connectivity index (χ1n) is 9.66. The summed E-state index contributed by atoms with van der Waals surface area (Å²) in [4.78, 5) is 17.3. The van der Waals surface area contributed by atoms with Crippen molar-refractivity contribution in [2.75, 3.05) is 10.7 Å². The summed E-state index contributed by atoms with van der Waals surface area (Å²) < 4.78 is 7.37. The fourth-order valence-electron chi connectivity index (χ4n) is 3.44. The second-order valence-corrected chi connectivity index (χ2v) is 8.76. The third-order valence-electron chi connectivity index (χ3n) is 4.78. The Hall–Kier alpha value is -3.23. The van der Waals surface area contributed by atoms with Gasteiger partial charge in [0.25, 0.3) is 0 Å². The van der Waals surface area contributed by atoms with Gasteiger partial charge < -0.3 is 4.42 Å². The van der Waals surface area contributed by atoms with E-state index in [-0.39, 0.29) is 11.7 Å². The van der Waals surface area contributed by atoms with Crippen molar-refractivity contribution in [2.45, 2.75) is 21.5 Å². The molecule has 0 aliphatic carbocycles. The SMILES string of the molecule is C=CCn1c(SCC(=O)N2c3ccccc3Sc3ccccc32)nnc1-c1ccco1. The van der Waals surface area contributed by atoms with Crippen LogP contribution in [0.2, 0.25) is 0 Å². The Bertz CT molecular complexity index is 1200. The normalized spacial score (nSPS) is 12.3. The number of nitrogens with zero attached hydrogens (tertiary/aromatic N) is 4. The van der Waals surface area contributed by atoms with E-state index in [1.165, 1.54) is 11.8 Å². The van der Waals surface area contributed by atoms with E-state index in [1.807, 2.05) is 65.2 Å². The van der Waals surface area contributed by atoms with Crippen LogP contribution in [0.5, 0.6) is 0 Å². The lowest BCUT2D eigenvalue weighted by molar-refractivity contribution is -0.115. The fraction of sp³-hybridized carbons (Fsp3) is 0.0870. The van der Waals surface area contributed by atoms with Gasteiger partial charge in [-0.2, -0.15) is 0 Å². The van der Waals surface area contributed by atoms with Crippen molar-refractivity contribution >= 4 is 40.8 Å². The number of amides is 1. The number of anilines is 2. The highest BCUT2D eigenvalue weighted by atomic mass is 32.2. The number of allylic oxidation sites excluding steroid dienone is 1. The smallest absolute Gasteiger partial charge is 0.242 e. The molecule has 0 bridgehead atoms. The largest absolute Gasteiger partial charge is 0.461 e. The number of benzene rings is 2. The van der Waals surface area contributed by atoms with Crippen molar-refractivity contribution < 1.29 is 9.21 Å². The van der Waals surface area contributed by atoms with Crippen molar-refractivity contribution in [3.05, 3.63) is 79.6 Å². The highest BCUT2D eigenvalue weighted by molar-refractivity contribution is 8.00. The first-order valence-corrected chi connectivity index (χ1v) is 11.5. The number of carbonyl (C=O) groups excluding carboxylic acids is 1. The maximum Gasteiger partial charge on any atom is 0.242 e. The molecular weight excluding hydrogens is 428 g/mol. The van der Waals surface area contributed by atoms with Crippen LogP contribution < -0.4 is 4.90 Å². The van der Waals surface area contributed by atoms with Gasteiger partial charge in [0.1, 0.15) is 0 Å². The topological polar surface area (TPSA) is 64.2 Å². The van der Waals surface area contributed by atoms with Crippen molar-refractivity contribution in [3.63, 3.8) is 0 Å². The van der Waals surface area contributed by atoms with Crippen molar-refractivity contribution in [2.24, 2.45) is 0 Å². The summed E-state index contributed by atoms with van der Waals surface area (Å²) in [5, 5.41) is 9.20. The van der Waals surface area contributed by atoms with Gasteiger partial charge in [0.15, 0.2) is 10.9 Å². The summed E-state index contributed by atoms with van der Waals surface area (Å²) in [6.07, 6.45) is 3.37. The van der Waals surface area contributed by atoms with Crippen LogP contribution in [0, 0.1) is 0 Å². The molecule has 31 heavy (non-hydrogen) atoms. The summed E-state index contributed by atoms with van der Waals surface area (Å²) in [6, 6.07) is 19.6. The molecule has 1 aliphatic heterocycles. The Morgan fingerprint density at radius 3 is 2.39 bits per heavy atom. The van der Waals surface area contributed by atoms with E-state index in [1.54, 1.807) is 29.0 Å². The number of rotatable bonds is 6. The van der Waals surface area contributed by atoms with Gasteiger partial charge in [0, 0.05) is 16.3 Å². The van der Waals surface area contributed by atoms with Crippen LogP contribution in [0.4, 0.5) is 11.4 Å². The Kier molecular flexibility index (Phi) is 5.40. The monoisotopic (exact) mass is 446 g/mol. The zero-order valence-corrected chi connectivity index (χ0v) is 18.1. The molecule has 0 saturated carbocycles. The number of furan rings is 1.